The second-order valence-corrected chi connectivity index (χ2v) is 3.66. The molecule has 2 rings (SSSR count). The summed E-state index contributed by atoms with van der Waals surface area (Å²) in [5, 5.41) is -0.0359. The molecule has 0 unspecified atom stereocenters. The molecule has 0 atom stereocenters. The van der Waals surface area contributed by atoms with Crippen molar-refractivity contribution in [3.05, 3.63) is 58.9 Å². The van der Waals surface area contributed by atoms with Crippen LogP contribution < -0.4 is 0 Å². The molecule has 4 heteroatoms. The molecule has 0 aliphatic rings. The third-order valence-corrected chi connectivity index (χ3v) is 2.47. The lowest BCUT2D eigenvalue weighted by atomic mass is 10.1. The Morgan fingerprint density at radius 3 is 2.19 bits per heavy atom. The van der Waals surface area contributed by atoms with Crippen LogP contribution in [-0.2, 0) is 0 Å². The number of hydrogen-bond donors (Lipinski definition) is 0. The van der Waals surface area contributed by atoms with Crippen molar-refractivity contribution in [2.45, 2.75) is 0 Å². The number of benzene rings is 2. The van der Waals surface area contributed by atoms with Crippen molar-refractivity contribution in [2.75, 3.05) is 0 Å². The summed E-state index contributed by atoms with van der Waals surface area (Å²) in [5.41, 5.74) is 0.455. The Morgan fingerprint density at radius 2 is 1.56 bits per heavy atom. The zero-order valence-electron chi connectivity index (χ0n) is 7.98. The molecule has 0 fully saturated rings. The lowest BCUT2D eigenvalue weighted by Gasteiger charge is -2.04. The fourth-order valence-corrected chi connectivity index (χ4v) is 1.50. The molecule has 0 amide bonds. The molecule has 0 saturated carbocycles. The summed E-state index contributed by atoms with van der Waals surface area (Å²) in [6.45, 7) is 0. The zero-order chi connectivity index (χ0) is 11.7. The Labute approximate surface area is 95.3 Å². The monoisotopic (exact) mass is 242 g/mol. The molecule has 0 aromatic heterocycles. The van der Waals surface area contributed by atoms with Gasteiger partial charge in [0, 0.05) is 11.6 Å². The lowest BCUT2D eigenvalue weighted by molar-refractivity contribution is 0.585. The van der Waals surface area contributed by atoms with Crippen LogP contribution in [0.4, 0.5) is 13.2 Å². The fraction of sp³-hybridized carbons (Fsp3) is 0. The van der Waals surface area contributed by atoms with Crippen molar-refractivity contribution >= 4 is 11.6 Å². The smallest absolute Gasteiger partial charge is 0.142 e. The SMILES string of the molecule is Fc1ccc(-c2ccc(Cl)c(F)c2)c(F)c1. The van der Waals surface area contributed by atoms with Crippen LogP contribution in [0.3, 0.4) is 0 Å². The number of hydrogen-bond acceptors (Lipinski definition) is 0. The third kappa shape index (κ3) is 2.04. The molecule has 82 valence electrons. The molecule has 0 spiro atoms. The van der Waals surface area contributed by atoms with Gasteiger partial charge in [0.15, 0.2) is 0 Å². The molecule has 0 nitrogen and oxygen atoms in total. The van der Waals surface area contributed by atoms with Gasteiger partial charge in [0.25, 0.3) is 0 Å². The van der Waals surface area contributed by atoms with Gasteiger partial charge < -0.3 is 0 Å². The average Bonchev–Trinajstić information content (AvgIpc) is 2.22. The predicted octanol–water partition coefficient (Wildman–Crippen LogP) is 4.42. The minimum Gasteiger partial charge on any atom is -0.207 e. The van der Waals surface area contributed by atoms with E-state index in [0.717, 1.165) is 18.2 Å². The van der Waals surface area contributed by atoms with E-state index in [4.69, 9.17) is 11.6 Å². The topological polar surface area (TPSA) is 0 Å². The van der Waals surface area contributed by atoms with Crippen LogP contribution in [0.2, 0.25) is 5.02 Å². The first kappa shape index (κ1) is 11.0. The summed E-state index contributed by atoms with van der Waals surface area (Å²) in [5.74, 6) is -2.04. The van der Waals surface area contributed by atoms with E-state index in [1.165, 1.54) is 18.2 Å². The normalized spacial score (nSPS) is 10.5. The largest absolute Gasteiger partial charge is 0.207 e. The van der Waals surface area contributed by atoms with E-state index < -0.39 is 17.5 Å². The highest BCUT2D eigenvalue weighted by Gasteiger charge is 2.08. The van der Waals surface area contributed by atoms with Crippen LogP contribution in [0.1, 0.15) is 0 Å². The second-order valence-electron chi connectivity index (χ2n) is 3.25. The Balaban J connectivity index is 2.54. The van der Waals surface area contributed by atoms with Crippen LogP contribution in [0.25, 0.3) is 11.1 Å². The maximum absolute atomic E-state index is 13.4. The molecule has 0 radical (unpaired) electrons. The van der Waals surface area contributed by atoms with Gasteiger partial charge in [-0.05, 0) is 29.8 Å². The van der Waals surface area contributed by atoms with Crippen molar-refractivity contribution < 1.29 is 13.2 Å². The Morgan fingerprint density at radius 1 is 0.812 bits per heavy atom. The van der Waals surface area contributed by atoms with Crippen LogP contribution in [-0.4, -0.2) is 0 Å². The fourth-order valence-electron chi connectivity index (χ4n) is 1.39. The van der Waals surface area contributed by atoms with Crippen LogP contribution in [0.5, 0.6) is 0 Å². The quantitative estimate of drug-likeness (QED) is 0.694. The van der Waals surface area contributed by atoms with Crippen molar-refractivity contribution in [3.8, 4) is 11.1 Å². The first-order valence-corrected chi connectivity index (χ1v) is 4.86. The highest BCUT2D eigenvalue weighted by molar-refractivity contribution is 6.30. The Hall–Kier alpha value is -1.48. The minimum absolute atomic E-state index is 0.0359. The van der Waals surface area contributed by atoms with E-state index in [2.05, 4.69) is 0 Å². The van der Waals surface area contributed by atoms with Crippen LogP contribution in [0.15, 0.2) is 36.4 Å². The van der Waals surface area contributed by atoms with Gasteiger partial charge in [-0.25, -0.2) is 13.2 Å². The van der Waals surface area contributed by atoms with E-state index in [-0.39, 0.29) is 10.6 Å². The molecule has 0 saturated heterocycles. The molecule has 2 aromatic rings. The third-order valence-electron chi connectivity index (χ3n) is 2.16. The summed E-state index contributed by atoms with van der Waals surface area (Å²) in [6, 6.07) is 7.04. The summed E-state index contributed by atoms with van der Waals surface area (Å²) in [6.07, 6.45) is 0. The first-order valence-electron chi connectivity index (χ1n) is 4.48. The highest BCUT2D eigenvalue weighted by atomic mass is 35.5. The lowest BCUT2D eigenvalue weighted by Crippen LogP contribution is -1.87. The summed E-state index contributed by atoms with van der Waals surface area (Å²) >= 11 is 5.50. The van der Waals surface area contributed by atoms with Gasteiger partial charge in [0.2, 0.25) is 0 Å². The number of rotatable bonds is 1. The van der Waals surface area contributed by atoms with E-state index in [1.54, 1.807) is 0 Å². The van der Waals surface area contributed by atoms with E-state index in [0.29, 0.717) is 5.56 Å². The van der Waals surface area contributed by atoms with Gasteiger partial charge in [0.1, 0.15) is 17.5 Å². The molecule has 0 bridgehead atoms. The molecule has 0 aliphatic carbocycles. The average molecular weight is 243 g/mol. The van der Waals surface area contributed by atoms with Gasteiger partial charge in [-0.15, -0.1) is 0 Å². The molecular formula is C12H6ClF3. The second kappa shape index (κ2) is 4.18. The van der Waals surface area contributed by atoms with E-state index in [1.807, 2.05) is 0 Å². The molecule has 0 aliphatic heterocycles. The van der Waals surface area contributed by atoms with Gasteiger partial charge >= 0.3 is 0 Å². The summed E-state index contributed by atoms with van der Waals surface area (Å²) in [7, 11) is 0. The molecule has 0 N–H and O–H groups in total. The molecule has 2 aromatic carbocycles. The molecule has 0 heterocycles. The molecular weight excluding hydrogens is 237 g/mol. The maximum Gasteiger partial charge on any atom is 0.142 e. The summed E-state index contributed by atoms with van der Waals surface area (Å²) < 4.78 is 39.2. The van der Waals surface area contributed by atoms with Gasteiger partial charge in [-0.3, -0.25) is 0 Å². The standard InChI is InChI=1S/C12H6ClF3/c13-10-4-1-7(5-12(10)16)9-3-2-8(14)6-11(9)15/h1-6H. The van der Waals surface area contributed by atoms with Crippen molar-refractivity contribution in [1.29, 1.82) is 0 Å². The molecule has 16 heavy (non-hydrogen) atoms. The van der Waals surface area contributed by atoms with Crippen molar-refractivity contribution in [1.82, 2.24) is 0 Å². The van der Waals surface area contributed by atoms with Gasteiger partial charge in [-0.2, -0.15) is 0 Å². The Bertz CT molecular complexity index is 538. The maximum atomic E-state index is 13.4. The van der Waals surface area contributed by atoms with Crippen LogP contribution in [0, 0.1) is 17.5 Å². The van der Waals surface area contributed by atoms with Gasteiger partial charge in [-0.1, -0.05) is 17.7 Å². The van der Waals surface area contributed by atoms with Gasteiger partial charge in [0.05, 0.1) is 5.02 Å². The summed E-state index contributed by atoms with van der Waals surface area (Å²) in [4.78, 5) is 0. The highest BCUT2D eigenvalue weighted by Crippen LogP contribution is 2.26. The predicted molar refractivity (Wildman–Crippen MR) is 56.8 cm³/mol. The van der Waals surface area contributed by atoms with Crippen LogP contribution >= 0.6 is 11.6 Å². The van der Waals surface area contributed by atoms with E-state index in [9.17, 15) is 13.2 Å². The number of halogens is 4. The zero-order valence-corrected chi connectivity index (χ0v) is 8.73. The van der Waals surface area contributed by atoms with Crippen molar-refractivity contribution in [3.63, 3.8) is 0 Å². The first-order chi connectivity index (χ1) is 7.58. The van der Waals surface area contributed by atoms with Crippen molar-refractivity contribution in [2.24, 2.45) is 0 Å². The minimum atomic E-state index is -0.735. The van der Waals surface area contributed by atoms with E-state index >= 15 is 0 Å². The Kier molecular flexibility index (Phi) is 2.88.